The van der Waals surface area contributed by atoms with Gasteiger partial charge in [-0.15, -0.1) is 0 Å². The van der Waals surface area contributed by atoms with E-state index in [1.54, 1.807) is 12.4 Å². The average molecular weight is 206 g/mol. The Balaban J connectivity index is 1.96. The summed E-state index contributed by atoms with van der Waals surface area (Å²) in [5.74, 6) is 2.09. The van der Waals surface area contributed by atoms with Crippen molar-refractivity contribution in [3.05, 3.63) is 12.4 Å². The maximum Gasteiger partial charge on any atom is 0.147 e. The van der Waals surface area contributed by atoms with Crippen LogP contribution in [0.2, 0.25) is 0 Å². The van der Waals surface area contributed by atoms with Gasteiger partial charge in [-0.3, -0.25) is 4.98 Å². The maximum absolute atomic E-state index is 5.58. The number of nitrogens with one attached hydrogen (secondary N) is 1. The Morgan fingerprint density at radius 2 is 2.27 bits per heavy atom. The van der Waals surface area contributed by atoms with E-state index in [0.717, 1.165) is 11.7 Å². The minimum Gasteiger partial charge on any atom is -0.382 e. The molecule has 1 fully saturated rings. The average Bonchev–Trinajstić information content (AvgIpc) is 2.17. The normalized spacial score (nSPS) is 26.2. The maximum atomic E-state index is 5.58. The first-order valence-corrected chi connectivity index (χ1v) is 5.58. The fraction of sp³-hybridized carbons (Fsp3) is 0.636. The van der Waals surface area contributed by atoms with E-state index in [2.05, 4.69) is 22.2 Å². The molecule has 1 aliphatic rings. The highest BCUT2D eigenvalue weighted by atomic mass is 15.1. The number of nitrogens with two attached hydrogens (primary N) is 1. The highest BCUT2D eigenvalue weighted by Gasteiger charge is 2.18. The summed E-state index contributed by atoms with van der Waals surface area (Å²) in [5.41, 5.74) is 5.58. The molecule has 0 amide bonds. The number of hydrogen-bond acceptors (Lipinski definition) is 4. The molecular weight excluding hydrogens is 188 g/mol. The number of aromatic nitrogens is 2. The zero-order valence-electron chi connectivity index (χ0n) is 9.11. The number of anilines is 2. The van der Waals surface area contributed by atoms with Crippen molar-refractivity contribution >= 4 is 11.6 Å². The predicted molar refractivity (Wildman–Crippen MR) is 61.5 cm³/mol. The Labute approximate surface area is 90.3 Å². The molecule has 82 valence electrons. The van der Waals surface area contributed by atoms with Gasteiger partial charge in [0, 0.05) is 6.04 Å². The Morgan fingerprint density at radius 1 is 1.40 bits per heavy atom. The van der Waals surface area contributed by atoms with Gasteiger partial charge in [0.25, 0.3) is 0 Å². The number of nitrogen functional groups attached to an aromatic ring is 1. The van der Waals surface area contributed by atoms with Gasteiger partial charge in [-0.25, -0.2) is 4.98 Å². The molecule has 0 bridgehead atoms. The zero-order valence-corrected chi connectivity index (χ0v) is 9.11. The molecule has 15 heavy (non-hydrogen) atoms. The molecule has 0 aliphatic heterocycles. The molecule has 0 spiro atoms. The van der Waals surface area contributed by atoms with Gasteiger partial charge >= 0.3 is 0 Å². The van der Waals surface area contributed by atoms with Crippen molar-refractivity contribution in [3.63, 3.8) is 0 Å². The largest absolute Gasteiger partial charge is 0.382 e. The molecule has 0 saturated heterocycles. The lowest BCUT2D eigenvalue weighted by molar-refractivity contribution is 0.358. The third kappa shape index (κ3) is 2.81. The summed E-state index contributed by atoms with van der Waals surface area (Å²) >= 11 is 0. The standard InChI is InChI=1S/C11H18N4/c1-8-3-2-4-9(5-8)14-11-7-13-6-10(12)15-11/h6-9H,2-5H2,1H3,(H3,12,14,15). The van der Waals surface area contributed by atoms with Crippen molar-refractivity contribution in [3.8, 4) is 0 Å². The van der Waals surface area contributed by atoms with Crippen LogP contribution < -0.4 is 11.1 Å². The molecule has 1 heterocycles. The van der Waals surface area contributed by atoms with Gasteiger partial charge in [-0.1, -0.05) is 19.8 Å². The van der Waals surface area contributed by atoms with Gasteiger partial charge in [0.2, 0.25) is 0 Å². The first-order valence-electron chi connectivity index (χ1n) is 5.58. The smallest absolute Gasteiger partial charge is 0.147 e. The van der Waals surface area contributed by atoms with Crippen molar-refractivity contribution in [2.75, 3.05) is 11.1 Å². The van der Waals surface area contributed by atoms with Crippen LogP contribution in [0.25, 0.3) is 0 Å². The van der Waals surface area contributed by atoms with E-state index in [1.807, 2.05) is 0 Å². The molecule has 2 rings (SSSR count). The van der Waals surface area contributed by atoms with Gasteiger partial charge in [-0.05, 0) is 18.8 Å². The molecule has 1 saturated carbocycles. The summed E-state index contributed by atoms with van der Waals surface area (Å²) in [6.45, 7) is 2.30. The van der Waals surface area contributed by atoms with Crippen molar-refractivity contribution in [2.45, 2.75) is 38.6 Å². The molecule has 4 nitrogen and oxygen atoms in total. The minimum absolute atomic E-state index is 0.476. The van der Waals surface area contributed by atoms with E-state index >= 15 is 0 Å². The van der Waals surface area contributed by atoms with Gasteiger partial charge in [-0.2, -0.15) is 0 Å². The Bertz CT molecular complexity index is 326. The third-order valence-corrected chi connectivity index (χ3v) is 2.94. The summed E-state index contributed by atoms with van der Waals surface area (Å²) in [7, 11) is 0. The molecule has 1 aromatic rings. The molecule has 0 radical (unpaired) electrons. The lowest BCUT2D eigenvalue weighted by Gasteiger charge is -2.27. The van der Waals surface area contributed by atoms with E-state index in [4.69, 9.17) is 5.73 Å². The van der Waals surface area contributed by atoms with Gasteiger partial charge in [0.1, 0.15) is 11.6 Å². The first-order chi connectivity index (χ1) is 7.24. The SMILES string of the molecule is CC1CCCC(Nc2cncc(N)n2)C1. The van der Waals surface area contributed by atoms with Crippen LogP contribution in [-0.2, 0) is 0 Å². The molecule has 0 aromatic carbocycles. The quantitative estimate of drug-likeness (QED) is 0.777. The Hall–Kier alpha value is -1.32. The minimum atomic E-state index is 0.476. The molecule has 3 N–H and O–H groups in total. The first kappa shape index (κ1) is 10.2. The van der Waals surface area contributed by atoms with Crippen LogP contribution in [0.4, 0.5) is 11.6 Å². The molecule has 4 heteroatoms. The second-order valence-electron chi connectivity index (χ2n) is 4.44. The van der Waals surface area contributed by atoms with Crippen LogP contribution in [0.5, 0.6) is 0 Å². The van der Waals surface area contributed by atoms with Gasteiger partial charge in [0.05, 0.1) is 12.4 Å². The van der Waals surface area contributed by atoms with E-state index in [-0.39, 0.29) is 0 Å². The molecule has 1 aromatic heterocycles. The monoisotopic (exact) mass is 206 g/mol. The summed E-state index contributed by atoms with van der Waals surface area (Å²) in [5, 5.41) is 3.40. The Morgan fingerprint density at radius 3 is 3.00 bits per heavy atom. The fourth-order valence-corrected chi connectivity index (χ4v) is 2.22. The highest BCUT2D eigenvalue weighted by molar-refractivity contribution is 5.39. The van der Waals surface area contributed by atoms with Gasteiger partial charge in [0.15, 0.2) is 0 Å². The number of rotatable bonds is 2. The zero-order chi connectivity index (χ0) is 10.7. The number of nitrogens with zero attached hydrogens (tertiary/aromatic N) is 2. The van der Waals surface area contributed by atoms with E-state index in [9.17, 15) is 0 Å². The second kappa shape index (κ2) is 4.47. The lowest BCUT2D eigenvalue weighted by Crippen LogP contribution is -2.26. The van der Waals surface area contributed by atoms with Crippen LogP contribution in [0.15, 0.2) is 12.4 Å². The lowest BCUT2D eigenvalue weighted by atomic mass is 9.87. The van der Waals surface area contributed by atoms with Crippen LogP contribution in [0.1, 0.15) is 32.6 Å². The van der Waals surface area contributed by atoms with E-state index in [0.29, 0.717) is 11.9 Å². The molecule has 2 atom stereocenters. The van der Waals surface area contributed by atoms with Crippen LogP contribution >= 0.6 is 0 Å². The summed E-state index contributed by atoms with van der Waals surface area (Å²) in [6.07, 6.45) is 8.39. The van der Waals surface area contributed by atoms with Gasteiger partial charge < -0.3 is 11.1 Å². The topological polar surface area (TPSA) is 63.8 Å². The molecule has 1 aliphatic carbocycles. The van der Waals surface area contributed by atoms with Crippen molar-refractivity contribution in [2.24, 2.45) is 5.92 Å². The second-order valence-corrected chi connectivity index (χ2v) is 4.44. The summed E-state index contributed by atoms with van der Waals surface area (Å²) in [4.78, 5) is 8.22. The van der Waals surface area contributed by atoms with E-state index in [1.165, 1.54) is 25.7 Å². The number of hydrogen-bond donors (Lipinski definition) is 2. The van der Waals surface area contributed by atoms with Crippen LogP contribution in [0.3, 0.4) is 0 Å². The van der Waals surface area contributed by atoms with Crippen LogP contribution in [0, 0.1) is 5.92 Å². The Kier molecular flexibility index (Phi) is 3.04. The molecular formula is C11H18N4. The van der Waals surface area contributed by atoms with E-state index < -0.39 is 0 Å². The highest BCUT2D eigenvalue weighted by Crippen LogP contribution is 2.25. The fourth-order valence-electron chi connectivity index (χ4n) is 2.22. The summed E-state index contributed by atoms with van der Waals surface area (Å²) in [6, 6.07) is 0.532. The van der Waals surface area contributed by atoms with Crippen molar-refractivity contribution in [1.29, 1.82) is 0 Å². The van der Waals surface area contributed by atoms with Crippen molar-refractivity contribution < 1.29 is 0 Å². The molecule has 2 unspecified atom stereocenters. The predicted octanol–water partition coefficient (Wildman–Crippen LogP) is 2.05. The summed E-state index contributed by atoms with van der Waals surface area (Å²) < 4.78 is 0. The van der Waals surface area contributed by atoms with Crippen LogP contribution in [-0.4, -0.2) is 16.0 Å². The van der Waals surface area contributed by atoms with Crippen molar-refractivity contribution in [1.82, 2.24) is 9.97 Å². The third-order valence-electron chi connectivity index (χ3n) is 2.94.